The van der Waals surface area contributed by atoms with E-state index in [-0.39, 0.29) is 12.2 Å². The van der Waals surface area contributed by atoms with Crippen LogP contribution in [0.3, 0.4) is 0 Å². The Morgan fingerprint density at radius 2 is 1.67 bits per heavy atom. The molecule has 0 spiro atoms. The molecule has 5 aromatic rings. The van der Waals surface area contributed by atoms with E-state index in [0.717, 1.165) is 11.8 Å². The molecule has 0 bridgehead atoms. The van der Waals surface area contributed by atoms with E-state index in [0.29, 0.717) is 33.8 Å². The zero-order chi connectivity index (χ0) is 22.9. The minimum absolute atomic E-state index is 0.253. The molecule has 9 heteroatoms. The first-order valence-corrected chi connectivity index (χ1v) is 10.1. The molecule has 164 valence electrons. The van der Waals surface area contributed by atoms with Gasteiger partial charge < -0.3 is 5.32 Å². The topological polar surface area (TPSA) is 68.0 Å². The van der Waals surface area contributed by atoms with Gasteiger partial charge in [0.15, 0.2) is 11.5 Å². The first kappa shape index (κ1) is 20.6. The summed E-state index contributed by atoms with van der Waals surface area (Å²) in [7, 11) is 0. The summed E-state index contributed by atoms with van der Waals surface area (Å²) in [5.41, 5.74) is 3.64. The van der Waals surface area contributed by atoms with Gasteiger partial charge in [-0.25, -0.2) is 23.1 Å². The highest BCUT2D eigenvalue weighted by Crippen LogP contribution is 2.26. The molecule has 5 rings (SSSR count). The third kappa shape index (κ3) is 4.12. The van der Waals surface area contributed by atoms with Gasteiger partial charge in [0.2, 0.25) is 0 Å². The Hall–Kier alpha value is -4.27. The minimum atomic E-state index is -0.674. The van der Waals surface area contributed by atoms with Crippen LogP contribution < -0.4 is 5.32 Å². The molecule has 0 saturated heterocycles. The van der Waals surface area contributed by atoms with Crippen molar-refractivity contribution in [2.24, 2.45) is 0 Å². The largest absolute Gasteiger partial charge is 0.363 e. The van der Waals surface area contributed by atoms with Crippen LogP contribution in [0.5, 0.6) is 0 Å². The maximum atomic E-state index is 14.7. The van der Waals surface area contributed by atoms with Crippen molar-refractivity contribution in [1.82, 2.24) is 24.3 Å². The number of imidazole rings is 1. The van der Waals surface area contributed by atoms with E-state index in [1.807, 2.05) is 6.92 Å². The SMILES string of the molecule is Cc1cc(-c2ncc(CNc3nccn4c(-c5cc(F)cc(F)c5)cnc34)cc2F)ccn1. The van der Waals surface area contributed by atoms with Gasteiger partial charge in [-0.05, 0) is 42.8 Å². The van der Waals surface area contributed by atoms with Crippen molar-refractivity contribution in [3.63, 3.8) is 0 Å². The van der Waals surface area contributed by atoms with Crippen molar-refractivity contribution in [2.45, 2.75) is 13.5 Å². The molecule has 33 heavy (non-hydrogen) atoms. The van der Waals surface area contributed by atoms with Crippen LogP contribution in [-0.2, 0) is 6.54 Å². The number of nitrogens with one attached hydrogen (secondary N) is 1. The number of anilines is 1. The van der Waals surface area contributed by atoms with Gasteiger partial charge in [-0.3, -0.25) is 14.4 Å². The lowest BCUT2D eigenvalue weighted by Crippen LogP contribution is -2.05. The van der Waals surface area contributed by atoms with E-state index in [2.05, 4.69) is 25.3 Å². The van der Waals surface area contributed by atoms with Crippen LogP contribution in [0, 0.1) is 24.4 Å². The van der Waals surface area contributed by atoms with Gasteiger partial charge in [0.25, 0.3) is 0 Å². The highest BCUT2D eigenvalue weighted by Gasteiger charge is 2.13. The van der Waals surface area contributed by atoms with Crippen LogP contribution in [0.15, 0.2) is 67.4 Å². The lowest BCUT2D eigenvalue weighted by atomic mass is 10.1. The zero-order valence-corrected chi connectivity index (χ0v) is 17.4. The summed E-state index contributed by atoms with van der Waals surface area (Å²) in [6.45, 7) is 2.09. The summed E-state index contributed by atoms with van der Waals surface area (Å²) < 4.78 is 43.7. The molecule has 0 amide bonds. The van der Waals surface area contributed by atoms with E-state index in [4.69, 9.17) is 0 Å². The normalized spacial score (nSPS) is 11.2. The average Bonchev–Trinajstić information content (AvgIpc) is 3.22. The molecule has 0 saturated carbocycles. The maximum Gasteiger partial charge on any atom is 0.180 e. The highest BCUT2D eigenvalue weighted by molar-refractivity contribution is 5.70. The molecule has 0 fully saturated rings. The molecular weight excluding hydrogens is 429 g/mol. The minimum Gasteiger partial charge on any atom is -0.363 e. The number of nitrogens with zero attached hydrogens (tertiary/aromatic N) is 5. The first-order chi connectivity index (χ1) is 16.0. The molecule has 0 radical (unpaired) electrons. The molecule has 6 nitrogen and oxygen atoms in total. The van der Waals surface area contributed by atoms with E-state index in [1.54, 1.807) is 41.3 Å². The molecule has 0 aliphatic rings. The predicted octanol–water partition coefficient (Wildman–Crippen LogP) is 5.19. The van der Waals surface area contributed by atoms with Crippen LogP contribution in [0.2, 0.25) is 0 Å². The van der Waals surface area contributed by atoms with Crippen molar-refractivity contribution < 1.29 is 13.2 Å². The van der Waals surface area contributed by atoms with Gasteiger partial charge in [0, 0.05) is 54.2 Å². The van der Waals surface area contributed by atoms with Gasteiger partial charge in [-0.2, -0.15) is 0 Å². The average molecular weight is 446 g/mol. The number of halogens is 3. The van der Waals surface area contributed by atoms with Crippen LogP contribution in [0.25, 0.3) is 28.2 Å². The second-order valence-corrected chi connectivity index (χ2v) is 7.48. The molecule has 4 aromatic heterocycles. The number of benzene rings is 1. The van der Waals surface area contributed by atoms with E-state index < -0.39 is 17.5 Å². The zero-order valence-electron chi connectivity index (χ0n) is 17.4. The van der Waals surface area contributed by atoms with Crippen molar-refractivity contribution in [1.29, 1.82) is 0 Å². The molecule has 1 aromatic carbocycles. The van der Waals surface area contributed by atoms with Crippen molar-refractivity contribution >= 4 is 11.5 Å². The molecule has 0 atom stereocenters. The maximum absolute atomic E-state index is 14.7. The highest BCUT2D eigenvalue weighted by atomic mass is 19.1. The smallest absolute Gasteiger partial charge is 0.180 e. The Morgan fingerprint density at radius 1 is 0.848 bits per heavy atom. The van der Waals surface area contributed by atoms with Crippen molar-refractivity contribution in [3.8, 4) is 22.5 Å². The Balaban J connectivity index is 1.40. The summed E-state index contributed by atoms with van der Waals surface area (Å²) in [5.74, 6) is -1.35. The van der Waals surface area contributed by atoms with E-state index >= 15 is 0 Å². The lowest BCUT2D eigenvalue weighted by Gasteiger charge is -2.09. The number of rotatable bonds is 5. The van der Waals surface area contributed by atoms with Gasteiger partial charge in [0.1, 0.15) is 23.1 Å². The molecule has 0 aliphatic carbocycles. The standard InChI is InChI=1S/C24H17F3N6/c1-14-6-16(2-3-28-14)22-20(27)7-15(11-30-22)12-31-23-24-32-13-21(33(24)5-4-29-23)17-8-18(25)10-19(26)9-17/h2-11,13H,12H2,1H3,(H,29,31). The van der Waals surface area contributed by atoms with Crippen LogP contribution in [-0.4, -0.2) is 24.3 Å². The Kier molecular flexibility index (Phi) is 5.21. The molecule has 0 aliphatic heterocycles. The fraction of sp³-hybridized carbons (Fsp3) is 0.0833. The Bertz CT molecular complexity index is 1460. The Labute approximate surface area is 186 Å². The molecule has 1 N–H and O–H groups in total. The number of hydrogen-bond donors (Lipinski definition) is 1. The van der Waals surface area contributed by atoms with E-state index in [1.165, 1.54) is 24.4 Å². The molecule has 0 unspecified atom stereocenters. The fourth-order valence-electron chi connectivity index (χ4n) is 3.62. The third-order valence-electron chi connectivity index (χ3n) is 5.11. The second kappa shape index (κ2) is 8.34. The van der Waals surface area contributed by atoms with Crippen molar-refractivity contribution in [2.75, 3.05) is 5.32 Å². The monoisotopic (exact) mass is 446 g/mol. The summed E-state index contributed by atoms with van der Waals surface area (Å²) in [4.78, 5) is 17.0. The van der Waals surface area contributed by atoms with Crippen LogP contribution >= 0.6 is 0 Å². The summed E-state index contributed by atoms with van der Waals surface area (Å²) >= 11 is 0. The summed E-state index contributed by atoms with van der Waals surface area (Å²) in [6, 6.07) is 8.18. The quantitative estimate of drug-likeness (QED) is 0.402. The lowest BCUT2D eigenvalue weighted by molar-refractivity contribution is 0.584. The van der Waals surface area contributed by atoms with Crippen LogP contribution in [0.4, 0.5) is 19.0 Å². The number of pyridine rings is 2. The second-order valence-electron chi connectivity index (χ2n) is 7.48. The molecule has 4 heterocycles. The van der Waals surface area contributed by atoms with Crippen LogP contribution in [0.1, 0.15) is 11.3 Å². The number of fused-ring (bicyclic) bond motifs is 1. The van der Waals surface area contributed by atoms with Gasteiger partial charge in [-0.1, -0.05) is 0 Å². The van der Waals surface area contributed by atoms with Gasteiger partial charge >= 0.3 is 0 Å². The predicted molar refractivity (Wildman–Crippen MR) is 118 cm³/mol. The Morgan fingerprint density at radius 3 is 2.42 bits per heavy atom. The van der Waals surface area contributed by atoms with E-state index in [9.17, 15) is 13.2 Å². The van der Waals surface area contributed by atoms with Crippen molar-refractivity contribution in [3.05, 3.63) is 96.1 Å². The van der Waals surface area contributed by atoms with Gasteiger partial charge in [0.05, 0.1) is 11.9 Å². The number of aryl methyl sites for hydroxylation is 1. The number of aromatic nitrogens is 5. The summed E-state index contributed by atoms with van der Waals surface area (Å²) in [5, 5.41) is 3.13. The third-order valence-corrected chi connectivity index (χ3v) is 5.11. The fourth-order valence-corrected chi connectivity index (χ4v) is 3.62. The number of hydrogen-bond acceptors (Lipinski definition) is 5. The summed E-state index contributed by atoms with van der Waals surface area (Å²) in [6.07, 6.45) is 7.92. The van der Waals surface area contributed by atoms with Gasteiger partial charge in [-0.15, -0.1) is 0 Å². The first-order valence-electron chi connectivity index (χ1n) is 10.1. The molecular formula is C24H17F3N6.